The highest BCUT2D eigenvalue weighted by molar-refractivity contribution is 5.88. The number of hydrogen-bond acceptors (Lipinski definition) is 7. The van der Waals surface area contributed by atoms with Crippen LogP contribution in [0.15, 0.2) is 51.8 Å². The van der Waals surface area contributed by atoms with Gasteiger partial charge in [0.2, 0.25) is 0 Å². The van der Waals surface area contributed by atoms with Crippen LogP contribution in [0.25, 0.3) is 0 Å². The van der Waals surface area contributed by atoms with Crippen molar-refractivity contribution in [1.29, 1.82) is 0 Å². The molecule has 1 fully saturated rings. The lowest BCUT2D eigenvalue weighted by Gasteiger charge is -2.41. The van der Waals surface area contributed by atoms with Crippen LogP contribution in [0.1, 0.15) is 32.3 Å². The molecule has 0 aromatic heterocycles. The summed E-state index contributed by atoms with van der Waals surface area (Å²) in [6.45, 7) is 4.96. The van der Waals surface area contributed by atoms with Gasteiger partial charge in [-0.05, 0) is 32.3 Å². The molecule has 0 saturated heterocycles. The fourth-order valence-electron chi connectivity index (χ4n) is 4.09. The Morgan fingerprint density at radius 2 is 2.10 bits per heavy atom. The first kappa shape index (κ1) is 19.5. The van der Waals surface area contributed by atoms with Crippen LogP contribution >= 0.6 is 0 Å². The third kappa shape index (κ3) is 3.63. The molecule has 9 nitrogen and oxygen atoms in total. The molecule has 1 aliphatic carbocycles. The van der Waals surface area contributed by atoms with Crippen LogP contribution < -0.4 is 16.5 Å². The van der Waals surface area contributed by atoms with Crippen LogP contribution in [-0.4, -0.2) is 52.6 Å². The fourth-order valence-corrected chi connectivity index (χ4v) is 4.09. The molecule has 1 aromatic rings. The lowest BCUT2D eigenvalue weighted by atomic mass is 9.87. The zero-order valence-electron chi connectivity index (χ0n) is 16.7. The van der Waals surface area contributed by atoms with E-state index in [4.69, 9.17) is 5.84 Å². The fraction of sp³-hybridized carbons (Fsp3) is 0.500. The zero-order valence-corrected chi connectivity index (χ0v) is 16.7. The summed E-state index contributed by atoms with van der Waals surface area (Å²) in [6, 6.07) is 9.64. The summed E-state index contributed by atoms with van der Waals surface area (Å²) in [7, 11) is 0. The molecule has 0 spiro atoms. The van der Waals surface area contributed by atoms with Crippen LogP contribution in [0.3, 0.4) is 0 Å². The second kappa shape index (κ2) is 7.57. The van der Waals surface area contributed by atoms with Crippen molar-refractivity contribution in [3.8, 4) is 0 Å². The van der Waals surface area contributed by atoms with Gasteiger partial charge in [0.25, 0.3) is 0 Å². The van der Waals surface area contributed by atoms with Crippen LogP contribution in [0.4, 0.5) is 4.79 Å². The van der Waals surface area contributed by atoms with Gasteiger partial charge in [-0.1, -0.05) is 35.5 Å². The molecule has 0 radical (unpaired) electrons. The van der Waals surface area contributed by atoms with Gasteiger partial charge in [0.1, 0.15) is 0 Å². The predicted octanol–water partition coefficient (Wildman–Crippen LogP) is 1.68. The molecule has 2 aliphatic heterocycles. The Hall–Kier alpha value is -2.78. The minimum Gasteiger partial charge on any atom is -0.352 e. The average molecular weight is 397 g/mol. The number of nitrogens with one attached hydrogen (secondary N) is 2. The van der Waals surface area contributed by atoms with Gasteiger partial charge < -0.3 is 15.5 Å². The molecule has 0 bridgehead atoms. The molecule has 1 unspecified atom stereocenters. The van der Waals surface area contributed by atoms with Gasteiger partial charge in [-0.2, -0.15) is 4.91 Å². The molecule has 2 amide bonds. The number of carbonyl (C=O) groups excluding carboxylic acids is 1. The molecular formula is C20H27N7O2. The summed E-state index contributed by atoms with van der Waals surface area (Å²) < 4.78 is 0. The second-order valence-corrected chi connectivity index (χ2v) is 8.31. The van der Waals surface area contributed by atoms with Crippen molar-refractivity contribution in [2.24, 2.45) is 16.0 Å². The van der Waals surface area contributed by atoms with Crippen molar-refractivity contribution in [3.05, 3.63) is 52.1 Å². The Balaban J connectivity index is 1.38. The van der Waals surface area contributed by atoms with Gasteiger partial charge in [-0.3, -0.25) is 10.8 Å². The third-order valence-electron chi connectivity index (χ3n) is 6.10. The summed E-state index contributed by atoms with van der Waals surface area (Å²) in [5.74, 6) is 6.23. The summed E-state index contributed by atoms with van der Waals surface area (Å²) in [6.07, 6.45) is 2.71. The molecule has 2 heterocycles. The SMILES string of the molecule is CC1(C)C2=C(CN1C(=O)NCc1ccccc1)NC(N(N)C1CC(N=O)C1)N=C2. The minimum atomic E-state index is -0.486. The number of benzene rings is 1. The molecule has 4 rings (SSSR count). The first-order chi connectivity index (χ1) is 13.9. The number of amides is 2. The van der Waals surface area contributed by atoms with E-state index in [9.17, 15) is 9.70 Å². The molecule has 1 saturated carbocycles. The van der Waals surface area contributed by atoms with Gasteiger partial charge in [0, 0.05) is 30.1 Å². The van der Waals surface area contributed by atoms with Crippen LogP contribution in [0.2, 0.25) is 0 Å². The number of nitrogens with zero attached hydrogens (tertiary/aromatic N) is 4. The molecule has 1 atom stereocenters. The number of carbonyl (C=O) groups is 1. The maximum Gasteiger partial charge on any atom is 0.318 e. The first-order valence-corrected chi connectivity index (χ1v) is 9.88. The summed E-state index contributed by atoms with van der Waals surface area (Å²) >= 11 is 0. The average Bonchev–Trinajstić information content (AvgIpc) is 2.96. The summed E-state index contributed by atoms with van der Waals surface area (Å²) in [4.78, 5) is 29.8. The molecule has 9 heteroatoms. The van der Waals surface area contributed by atoms with Crippen LogP contribution in [0, 0.1) is 4.91 Å². The quantitative estimate of drug-likeness (QED) is 0.397. The van der Waals surface area contributed by atoms with Gasteiger partial charge in [-0.15, -0.1) is 0 Å². The van der Waals surface area contributed by atoms with Crippen molar-refractivity contribution in [2.45, 2.75) is 57.1 Å². The van der Waals surface area contributed by atoms with Crippen LogP contribution in [0.5, 0.6) is 0 Å². The van der Waals surface area contributed by atoms with Crippen molar-refractivity contribution in [2.75, 3.05) is 6.54 Å². The lowest BCUT2D eigenvalue weighted by molar-refractivity contribution is 0.0587. The van der Waals surface area contributed by atoms with Gasteiger partial charge in [0.05, 0.1) is 18.1 Å². The zero-order chi connectivity index (χ0) is 20.6. The maximum absolute atomic E-state index is 12.9. The monoisotopic (exact) mass is 397 g/mol. The normalized spacial score (nSPS) is 27.3. The van der Waals surface area contributed by atoms with Gasteiger partial charge in [-0.25, -0.2) is 9.80 Å². The van der Waals surface area contributed by atoms with E-state index in [1.165, 1.54) is 0 Å². The van der Waals surface area contributed by atoms with Gasteiger partial charge >= 0.3 is 6.03 Å². The number of nitrogens with two attached hydrogens (primary N) is 1. The Bertz CT molecular complexity index is 846. The van der Waals surface area contributed by atoms with Gasteiger partial charge in [0.15, 0.2) is 6.29 Å². The number of rotatable bonds is 5. The molecular weight excluding hydrogens is 370 g/mol. The van der Waals surface area contributed by atoms with E-state index in [-0.39, 0.29) is 18.1 Å². The smallest absolute Gasteiger partial charge is 0.318 e. The topological polar surface area (TPSA) is 115 Å². The standard InChI is InChI=1S/C20H27N7O2/c1-20(2)16-11-22-18(27(21)15-8-14(9-15)25-29)24-17(16)12-26(20)19(28)23-10-13-6-4-3-5-7-13/h3-7,11,14-15,18,24H,8-10,12,21H2,1-2H3,(H,23,28). The highest BCUT2D eigenvalue weighted by atomic mass is 16.3. The molecule has 1 aromatic carbocycles. The lowest BCUT2D eigenvalue weighted by Crippen LogP contribution is -2.59. The Labute approximate surface area is 170 Å². The van der Waals surface area contributed by atoms with E-state index < -0.39 is 11.8 Å². The van der Waals surface area contributed by atoms with E-state index in [0.29, 0.717) is 25.9 Å². The molecule has 4 N–H and O–H groups in total. The Morgan fingerprint density at radius 3 is 2.79 bits per heavy atom. The van der Waals surface area contributed by atoms with E-state index in [2.05, 4.69) is 20.8 Å². The van der Waals surface area contributed by atoms with E-state index in [0.717, 1.165) is 16.8 Å². The number of aliphatic imine (C=N–C) groups is 1. The van der Waals surface area contributed by atoms with E-state index in [1.807, 2.05) is 50.4 Å². The largest absolute Gasteiger partial charge is 0.352 e. The highest BCUT2D eigenvalue weighted by Crippen LogP contribution is 2.35. The van der Waals surface area contributed by atoms with Crippen LogP contribution in [-0.2, 0) is 6.54 Å². The molecule has 154 valence electrons. The first-order valence-electron chi connectivity index (χ1n) is 9.88. The summed E-state index contributed by atoms with van der Waals surface area (Å²) in [5, 5.41) is 11.1. The number of hydrazine groups is 1. The summed E-state index contributed by atoms with van der Waals surface area (Å²) in [5.41, 5.74) is 2.50. The molecule has 3 aliphatic rings. The van der Waals surface area contributed by atoms with E-state index in [1.54, 1.807) is 9.91 Å². The number of urea groups is 1. The minimum absolute atomic E-state index is 0.0780. The van der Waals surface area contributed by atoms with Crippen molar-refractivity contribution in [3.63, 3.8) is 0 Å². The highest BCUT2D eigenvalue weighted by Gasteiger charge is 2.45. The van der Waals surface area contributed by atoms with Crippen molar-refractivity contribution in [1.82, 2.24) is 20.5 Å². The third-order valence-corrected chi connectivity index (χ3v) is 6.10. The second-order valence-electron chi connectivity index (χ2n) is 8.31. The van der Waals surface area contributed by atoms with Crippen molar-refractivity contribution < 1.29 is 4.79 Å². The number of hydrogen-bond donors (Lipinski definition) is 3. The van der Waals surface area contributed by atoms with E-state index >= 15 is 0 Å². The number of nitroso groups, excluding NO2 is 1. The molecule has 29 heavy (non-hydrogen) atoms. The maximum atomic E-state index is 12.9. The predicted molar refractivity (Wildman–Crippen MR) is 111 cm³/mol. The van der Waals surface area contributed by atoms with Crippen molar-refractivity contribution >= 4 is 12.2 Å². The Morgan fingerprint density at radius 1 is 1.38 bits per heavy atom. The Kier molecular flexibility index (Phi) is 5.10.